The van der Waals surface area contributed by atoms with E-state index in [1.165, 1.54) is 12.1 Å². The van der Waals surface area contributed by atoms with Crippen LogP contribution in [-0.4, -0.2) is 11.3 Å². The summed E-state index contributed by atoms with van der Waals surface area (Å²) in [6.07, 6.45) is -3.86. The standard InChI is InChI=1S/C16H19F4NO/c1-10(16(18,19)20)8-11(2)21-15-9-13(5-4-12(3)22)6-7-14(15)17/h6-7,9-10,21-22H,2-5,8H2,1H3/t10-/m1/s1. The van der Waals surface area contributed by atoms with Crippen molar-refractivity contribution in [3.8, 4) is 0 Å². The number of nitrogens with one attached hydrogen (secondary N) is 1. The number of rotatable bonds is 7. The van der Waals surface area contributed by atoms with Gasteiger partial charge in [-0.25, -0.2) is 4.39 Å². The van der Waals surface area contributed by atoms with Gasteiger partial charge in [0.05, 0.1) is 17.4 Å². The van der Waals surface area contributed by atoms with Crippen molar-refractivity contribution in [1.29, 1.82) is 0 Å². The van der Waals surface area contributed by atoms with E-state index in [9.17, 15) is 17.6 Å². The summed E-state index contributed by atoms with van der Waals surface area (Å²) >= 11 is 0. The smallest absolute Gasteiger partial charge is 0.391 e. The third-order valence-corrected chi connectivity index (χ3v) is 3.16. The summed E-state index contributed by atoms with van der Waals surface area (Å²) in [5.74, 6) is -2.12. The van der Waals surface area contributed by atoms with Crippen LogP contribution in [0.15, 0.2) is 42.8 Å². The number of hydrogen-bond acceptors (Lipinski definition) is 2. The Bertz CT molecular complexity index is 552. The van der Waals surface area contributed by atoms with E-state index in [-0.39, 0.29) is 23.6 Å². The van der Waals surface area contributed by atoms with Crippen LogP contribution in [0.1, 0.15) is 25.3 Å². The SMILES string of the molecule is C=C(O)CCc1ccc(F)c(NC(=C)C[C@@H](C)C(F)(F)F)c1. The lowest BCUT2D eigenvalue weighted by molar-refractivity contribution is -0.168. The summed E-state index contributed by atoms with van der Waals surface area (Å²) in [6, 6.07) is 4.25. The van der Waals surface area contributed by atoms with E-state index in [1.807, 2.05) is 0 Å². The van der Waals surface area contributed by atoms with Crippen molar-refractivity contribution in [3.63, 3.8) is 0 Å². The first kappa shape index (κ1) is 18.1. The summed E-state index contributed by atoms with van der Waals surface area (Å²) in [7, 11) is 0. The quantitative estimate of drug-likeness (QED) is 0.525. The molecule has 0 heterocycles. The minimum atomic E-state index is -4.31. The van der Waals surface area contributed by atoms with Crippen LogP contribution in [0, 0.1) is 11.7 Å². The summed E-state index contributed by atoms with van der Waals surface area (Å²) in [4.78, 5) is 0. The van der Waals surface area contributed by atoms with Crippen LogP contribution in [-0.2, 0) is 6.42 Å². The molecule has 22 heavy (non-hydrogen) atoms. The molecule has 2 nitrogen and oxygen atoms in total. The number of aliphatic hydroxyl groups is 1. The topological polar surface area (TPSA) is 32.3 Å². The third-order valence-electron chi connectivity index (χ3n) is 3.16. The molecule has 0 saturated heterocycles. The van der Waals surface area contributed by atoms with Crippen molar-refractivity contribution >= 4 is 5.69 Å². The first-order chi connectivity index (χ1) is 10.1. The normalized spacial score (nSPS) is 12.8. The lowest BCUT2D eigenvalue weighted by Crippen LogP contribution is -2.21. The van der Waals surface area contributed by atoms with Crippen molar-refractivity contribution < 1.29 is 22.7 Å². The third kappa shape index (κ3) is 5.79. The van der Waals surface area contributed by atoms with Crippen LogP contribution < -0.4 is 5.32 Å². The molecule has 1 aromatic carbocycles. The number of hydrogen-bond donors (Lipinski definition) is 2. The molecule has 1 atom stereocenters. The van der Waals surface area contributed by atoms with Crippen molar-refractivity contribution in [2.45, 2.75) is 32.4 Å². The van der Waals surface area contributed by atoms with Gasteiger partial charge in [0, 0.05) is 12.1 Å². The number of alkyl halides is 3. The Balaban J connectivity index is 2.73. The van der Waals surface area contributed by atoms with Crippen LogP contribution in [0.25, 0.3) is 0 Å². The van der Waals surface area contributed by atoms with Crippen molar-refractivity contribution in [3.05, 3.63) is 54.2 Å². The molecule has 0 spiro atoms. The molecule has 1 rings (SSSR count). The molecular formula is C16H19F4NO. The number of aryl methyl sites for hydroxylation is 1. The maximum atomic E-state index is 13.7. The first-order valence-electron chi connectivity index (χ1n) is 6.76. The fourth-order valence-electron chi connectivity index (χ4n) is 1.84. The molecule has 0 aliphatic carbocycles. The molecule has 0 aromatic heterocycles. The number of allylic oxidation sites excluding steroid dienone is 2. The van der Waals surface area contributed by atoms with Crippen LogP contribution in [0.2, 0.25) is 0 Å². The zero-order chi connectivity index (χ0) is 16.9. The Kier molecular flexibility index (Phi) is 6.02. The van der Waals surface area contributed by atoms with Gasteiger partial charge in [-0.05, 0) is 30.5 Å². The highest BCUT2D eigenvalue weighted by Gasteiger charge is 2.35. The summed E-state index contributed by atoms with van der Waals surface area (Å²) in [6.45, 7) is 7.92. The highest BCUT2D eigenvalue weighted by atomic mass is 19.4. The van der Waals surface area contributed by atoms with Gasteiger partial charge >= 0.3 is 6.18 Å². The van der Waals surface area contributed by atoms with Crippen LogP contribution in [0.3, 0.4) is 0 Å². The molecule has 6 heteroatoms. The minimum Gasteiger partial charge on any atom is -0.513 e. The van der Waals surface area contributed by atoms with Gasteiger partial charge in [0.1, 0.15) is 5.82 Å². The summed E-state index contributed by atoms with van der Waals surface area (Å²) in [5, 5.41) is 11.6. The molecule has 0 saturated carbocycles. The molecule has 0 amide bonds. The van der Waals surface area contributed by atoms with Crippen LogP contribution in [0.5, 0.6) is 0 Å². The average Bonchev–Trinajstić information content (AvgIpc) is 2.38. The van der Waals surface area contributed by atoms with Gasteiger partial charge in [-0.2, -0.15) is 13.2 Å². The Morgan fingerprint density at radius 2 is 1.95 bits per heavy atom. The van der Waals surface area contributed by atoms with Gasteiger partial charge in [-0.1, -0.05) is 26.1 Å². The average molecular weight is 317 g/mol. The van der Waals surface area contributed by atoms with Gasteiger partial charge < -0.3 is 10.4 Å². The minimum absolute atomic E-state index is 0.0160. The summed E-state index contributed by atoms with van der Waals surface area (Å²) < 4.78 is 51.2. The number of aliphatic hydroxyl groups excluding tert-OH is 1. The lowest BCUT2D eigenvalue weighted by Gasteiger charge is -2.18. The molecule has 0 unspecified atom stereocenters. The van der Waals surface area contributed by atoms with Crippen molar-refractivity contribution in [2.24, 2.45) is 5.92 Å². The predicted molar refractivity (Wildman–Crippen MR) is 79.1 cm³/mol. The van der Waals surface area contributed by atoms with E-state index in [1.54, 1.807) is 6.07 Å². The molecule has 0 aliphatic rings. The molecule has 0 aliphatic heterocycles. The molecular weight excluding hydrogens is 298 g/mol. The van der Waals surface area contributed by atoms with E-state index in [4.69, 9.17) is 5.11 Å². The van der Waals surface area contributed by atoms with E-state index < -0.39 is 17.9 Å². The fraction of sp³-hybridized carbons (Fsp3) is 0.375. The van der Waals surface area contributed by atoms with Gasteiger partial charge in [0.25, 0.3) is 0 Å². The van der Waals surface area contributed by atoms with Gasteiger partial charge in [0.15, 0.2) is 0 Å². The Labute approximate surface area is 127 Å². The molecule has 1 aromatic rings. The number of benzene rings is 1. The van der Waals surface area contributed by atoms with Crippen LogP contribution in [0.4, 0.5) is 23.2 Å². The van der Waals surface area contributed by atoms with Crippen molar-refractivity contribution in [2.75, 3.05) is 5.32 Å². The van der Waals surface area contributed by atoms with Crippen molar-refractivity contribution in [1.82, 2.24) is 0 Å². The predicted octanol–water partition coefficient (Wildman–Crippen LogP) is 5.34. The zero-order valence-corrected chi connectivity index (χ0v) is 12.3. The summed E-state index contributed by atoms with van der Waals surface area (Å²) in [5.41, 5.74) is 0.892. The van der Waals surface area contributed by atoms with Gasteiger partial charge in [-0.15, -0.1) is 0 Å². The second-order valence-corrected chi connectivity index (χ2v) is 5.26. The molecule has 0 fully saturated rings. The first-order valence-corrected chi connectivity index (χ1v) is 6.76. The molecule has 122 valence electrons. The number of anilines is 1. The highest BCUT2D eigenvalue weighted by Crippen LogP contribution is 2.31. The maximum Gasteiger partial charge on any atom is 0.391 e. The Hall–Kier alpha value is -1.98. The van der Waals surface area contributed by atoms with Crippen LogP contribution >= 0.6 is 0 Å². The lowest BCUT2D eigenvalue weighted by atomic mass is 10.0. The molecule has 0 radical (unpaired) electrons. The van der Waals surface area contributed by atoms with E-state index >= 15 is 0 Å². The second kappa shape index (κ2) is 7.33. The second-order valence-electron chi connectivity index (χ2n) is 5.26. The highest BCUT2D eigenvalue weighted by molar-refractivity contribution is 5.51. The van der Waals surface area contributed by atoms with E-state index in [0.717, 1.165) is 12.5 Å². The van der Waals surface area contributed by atoms with E-state index in [0.29, 0.717) is 12.8 Å². The van der Waals surface area contributed by atoms with Gasteiger partial charge in [-0.3, -0.25) is 0 Å². The fourth-order valence-corrected chi connectivity index (χ4v) is 1.84. The molecule has 0 bridgehead atoms. The maximum absolute atomic E-state index is 13.7. The Morgan fingerprint density at radius 3 is 2.50 bits per heavy atom. The monoisotopic (exact) mass is 317 g/mol. The largest absolute Gasteiger partial charge is 0.513 e. The Morgan fingerprint density at radius 1 is 1.32 bits per heavy atom. The van der Waals surface area contributed by atoms with E-state index in [2.05, 4.69) is 18.5 Å². The zero-order valence-electron chi connectivity index (χ0n) is 12.3. The molecule has 2 N–H and O–H groups in total. The van der Waals surface area contributed by atoms with Gasteiger partial charge in [0.2, 0.25) is 0 Å². The number of halogens is 4.